The van der Waals surface area contributed by atoms with Gasteiger partial charge in [0.15, 0.2) is 5.82 Å². The average molecular weight is 422 g/mol. The Hall–Kier alpha value is -2.91. The van der Waals surface area contributed by atoms with Crippen molar-refractivity contribution in [1.29, 1.82) is 0 Å². The molecule has 162 valence electrons. The molecule has 9 nitrogen and oxygen atoms in total. The van der Waals surface area contributed by atoms with Crippen LogP contribution in [0.2, 0.25) is 0 Å². The highest BCUT2D eigenvalue weighted by molar-refractivity contribution is 5.83. The van der Waals surface area contributed by atoms with Gasteiger partial charge in [0.2, 0.25) is 5.91 Å². The molecule has 0 saturated carbocycles. The van der Waals surface area contributed by atoms with Gasteiger partial charge in [-0.25, -0.2) is 9.97 Å². The van der Waals surface area contributed by atoms with Gasteiger partial charge in [0.25, 0.3) is 0 Å². The van der Waals surface area contributed by atoms with Crippen LogP contribution in [-0.2, 0) is 16.6 Å². The number of aryl methyl sites for hydroxylation is 1. The minimum Gasteiger partial charge on any atom is -0.380 e. The number of amides is 1. The van der Waals surface area contributed by atoms with Gasteiger partial charge in [-0.15, -0.1) is 5.10 Å². The van der Waals surface area contributed by atoms with E-state index in [-0.39, 0.29) is 23.3 Å². The van der Waals surface area contributed by atoms with Gasteiger partial charge in [0, 0.05) is 35.5 Å². The van der Waals surface area contributed by atoms with Gasteiger partial charge in [0.1, 0.15) is 5.69 Å². The summed E-state index contributed by atoms with van der Waals surface area (Å²) in [6.45, 7) is 5.02. The lowest BCUT2D eigenvalue weighted by Gasteiger charge is -2.44. The van der Waals surface area contributed by atoms with Gasteiger partial charge >= 0.3 is 0 Å². The number of ether oxygens (including phenoxy) is 1. The van der Waals surface area contributed by atoms with E-state index in [1.54, 1.807) is 4.68 Å². The molecule has 0 radical (unpaired) electrons. The molecule has 0 bridgehead atoms. The van der Waals surface area contributed by atoms with E-state index in [2.05, 4.69) is 32.9 Å². The van der Waals surface area contributed by atoms with E-state index in [1.807, 2.05) is 37.6 Å². The quantitative estimate of drug-likeness (QED) is 0.645. The second-order valence-corrected chi connectivity index (χ2v) is 8.89. The molecule has 3 aromatic rings. The molecule has 31 heavy (non-hydrogen) atoms. The van der Waals surface area contributed by atoms with Crippen molar-refractivity contribution in [3.05, 3.63) is 36.4 Å². The van der Waals surface area contributed by atoms with Crippen LogP contribution in [0.3, 0.4) is 0 Å². The van der Waals surface area contributed by atoms with Crippen LogP contribution in [0, 0.1) is 11.3 Å². The van der Waals surface area contributed by atoms with E-state index in [9.17, 15) is 4.79 Å². The monoisotopic (exact) mass is 421 g/mol. The van der Waals surface area contributed by atoms with Crippen molar-refractivity contribution in [2.75, 3.05) is 26.3 Å². The molecule has 1 amide bonds. The maximum absolute atomic E-state index is 13.0. The molecule has 5 rings (SSSR count). The van der Waals surface area contributed by atoms with Crippen LogP contribution in [0.4, 0.5) is 0 Å². The number of nitrogens with one attached hydrogen (secondary N) is 2. The molecule has 0 aliphatic carbocycles. The maximum atomic E-state index is 13.0. The summed E-state index contributed by atoms with van der Waals surface area (Å²) in [5, 5.41) is 15.7. The lowest BCUT2D eigenvalue weighted by Crippen LogP contribution is -2.53. The molecule has 1 unspecified atom stereocenters. The molecule has 2 N–H and O–H groups in total. The van der Waals surface area contributed by atoms with E-state index >= 15 is 0 Å². The molecule has 2 aliphatic rings. The summed E-state index contributed by atoms with van der Waals surface area (Å²) >= 11 is 0. The highest BCUT2D eigenvalue weighted by Crippen LogP contribution is 2.39. The number of hydrogen-bond donors (Lipinski definition) is 2. The molecule has 2 aliphatic heterocycles. The smallest absolute Gasteiger partial charge is 0.223 e. The van der Waals surface area contributed by atoms with Crippen molar-refractivity contribution in [2.24, 2.45) is 18.4 Å². The highest BCUT2D eigenvalue weighted by atomic mass is 16.5. The van der Waals surface area contributed by atoms with E-state index in [0.29, 0.717) is 19.0 Å². The number of nitrogens with zero attached hydrogens (tertiary/aromatic N) is 5. The third kappa shape index (κ3) is 3.90. The summed E-state index contributed by atoms with van der Waals surface area (Å²) in [6.07, 6.45) is 5.40. The first kappa shape index (κ1) is 20.0. The first-order chi connectivity index (χ1) is 15.0. The van der Waals surface area contributed by atoms with Gasteiger partial charge in [-0.2, -0.15) is 0 Å². The van der Waals surface area contributed by atoms with Crippen LogP contribution in [0.1, 0.15) is 31.6 Å². The number of carbonyl (C=O) groups excluding carboxylic acids is 1. The van der Waals surface area contributed by atoms with Crippen LogP contribution in [0.15, 0.2) is 30.6 Å². The Morgan fingerprint density at radius 1 is 1.32 bits per heavy atom. The Labute approximate surface area is 180 Å². The third-order valence-corrected chi connectivity index (χ3v) is 6.32. The molecule has 2 fully saturated rings. The van der Waals surface area contributed by atoms with Crippen molar-refractivity contribution >= 4 is 16.8 Å². The SMILES string of the molecule is Cn1cc(-c2ccc3cnc(C(NC(=O)C4CCNCC4)C4(C)COC4)nc3c2)nn1. The Morgan fingerprint density at radius 2 is 2.13 bits per heavy atom. The highest BCUT2D eigenvalue weighted by Gasteiger charge is 2.45. The third-order valence-electron chi connectivity index (χ3n) is 6.32. The second kappa shape index (κ2) is 7.97. The Bertz CT molecular complexity index is 1100. The first-order valence-electron chi connectivity index (χ1n) is 10.7. The van der Waals surface area contributed by atoms with Crippen LogP contribution < -0.4 is 10.6 Å². The Kier molecular flexibility index (Phi) is 5.15. The van der Waals surface area contributed by atoms with Crippen LogP contribution >= 0.6 is 0 Å². The number of fused-ring (bicyclic) bond motifs is 1. The number of piperidine rings is 1. The number of rotatable bonds is 5. The van der Waals surface area contributed by atoms with Crippen molar-refractivity contribution in [2.45, 2.75) is 25.8 Å². The topological polar surface area (TPSA) is 107 Å². The largest absolute Gasteiger partial charge is 0.380 e. The van der Waals surface area contributed by atoms with Crippen molar-refractivity contribution < 1.29 is 9.53 Å². The Morgan fingerprint density at radius 3 is 2.81 bits per heavy atom. The first-order valence-corrected chi connectivity index (χ1v) is 10.7. The fourth-order valence-electron chi connectivity index (χ4n) is 4.30. The normalized spacial score (nSPS) is 19.7. The molecule has 4 heterocycles. The number of hydrogen-bond acceptors (Lipinski definition) is 7. The summed E-state index contributed by atoms with van der Waals surface area (Å²) in [5.74, 6) is 0.727. The van der Waals surface area contributed by atoms with Gasteiger partial charge < -0.3 is 15.4 Å². The fraction of sp³-hybridized carbons (Fsp3) is 0.500. The molecule has 2 aromatic heterocycles. The van der Waals surface area contributed by atoms with E-state index < -0.39 is 0 Å². The van der Waals surface area contributed by atoms with E-state index in [4.69, 9.17) is 9.72 Å². The molecule has 1 aromatic carbocycles. The molecule has 2 saturated heterocycles. The molecular formula is C22H27N7O2. The van der Waals surface area contributed by atoms with Crippen LogP contribution in [-0.4, -0.2) is 57.2 Å². The van der Waals surface area contributed by atoms with E-state index in [0.717, 1.165) is 48.1 Å². The molecule has 1 atom stereocenters. The lowest BCUT2D eigenvalue weighted by atomic mass is 9.79. The predicted octanol–water partition coefficient (Wildman–Crippen LogP) is 1.62. The van der Waals surface area contributed by atoms with Crippen molar-refractivity contribution in [1.82, 2.24) is 35.6 Å². The number of aromatic nitrogens is 5. The van der Waals surface area contributed by atoms with Crippen molar-refractivity contribution in [3.8, 4) is 11.3 Å². The van der Waals surface area contributed by atoms with Gasteiger partial charge in [-0.1, -0.05) is 24.3 Å². The number of benzene rings is 1. The zero-order chi connectivity index (χ0) is 21.4. The predicted molar refractivity (Wildman–Crippen MR) is 115 cm³/mol. The number of carbonyl (C=O) groups is 1. The average Bonchev–Trinajstić information content (AvgIpc) is 3.22. The molecule has 9 heteroatoms. The standard InChI is InChI=1S/C22H27N7O2/c1-22(12-31-13-22)19(26-21(30)14-5-7-23-8-6-14)20-24-10-16-4-3-15(9-17(16)25-20)18-11-29(2)28-27-18/h3-4,9-11,14,19,23H,5-8,12-13H2,1-2H3,(H,26,30). The van der Waals surface area contributed by atoms with Crippen molar-refractivity contribution in [3.63, 3.8) is 0 Å². The zero-order valence-corrected chi connectivity index (χ0v) is 17.8. The summed E-state index contributed by atoms with van der Waals surface area (Å²) in [6, 6.07) is 5.68. The summed E-state index contributed by atoms with van der Waals surface area (Å²) in [4.78, 5) is 22.5. The summed E-state index contributed by atoms with van der Waals surface area (Å²) < 4.78 is 7.18. The van der Waals surface area contributed by atoms with Gasteiger partial charge in [-0.3, -0.25) is 9.48 Å². The molecule has 0 spiro atoms. The summed E-state index contributed by atoms with van der Waals surface area (Å²) in [5.41, 5.74) is 2.33. The van der Waals surface area contributed by atoms with Gasteiger partial charge in [0.05, 0.1) is 31.0 Å². The zero-order valence-electron chi connectivity index (χ0n) is 17.8. The minimum atomic E-state index is -0.298. The van der Waals surface area contributed by atoms with E-state index in [1.165, 1.54) is 0 Å². The maximum Gasteiger partial charge on any atom is 0.223 e. The fourth-order valence-corrected chi connectivity index (χ4v) is 4.30. The summed E-state index contributed by atoms with van der Waals surface area (Å²) in [7, 11) is 1.84. The van der Waals surface area contributed by atoms with Crippen LogP contribution in [0.25, 0.3) is 22.2 Å². The van der Waals surface area contributed by atoms with Crippen LogP contribution in [0.5, 0.6) is 0 Å². The Balaban J connectivity index is 1.47. The van der Waals surface area contributed by atoms with Gasteiger partial charge in [-0.05, 0) is 32.0 Å². The minimum absolute atomic E-state index is 0.0251. The molecular weight excluding hydrogens is 394 g/mol. The lowest BCUT2D eigenvalue weighted by molar-refractivity contribution is -0.140. The second-order valence-electron chi connectivity index (χ2n) is 8.89.